The fourth-order valence-electron chi connectivity index (χ4n) is 9.70. The quantitative estimate of drug-likeness (QED) is 0.00552. The van der Waals surface area contributed by atoms with Gasteiger partial charge in [0.25, 0.3) is 0 Å². The number of fused-ring (bicyclic) bond motifs is 1. The first-order valence-corrected chi connectivity index (χ1v) is 39.4. The van der Waals surface area contributed by atoms with Gasteiger partial charge in [-0.05, 0) is 66.0 Å². The van der Waals surface area contributed by atoms with E-state index >= 15 is 0 Å². The number of phosphoric ester groups is 1. The molecular formula is C56H103N4O56PS. The standard InChI is InChI=1S/C56H103N4O56PS/c1-3-5-7-9-11-13-15-17-19-21-23-25-27-29-31-37-52(62)69-45-48(74-53(63)38-32-30-28-26-24-22-20-18-16-14-12-10-8-6-4-2)46-73-117(66,67)72-42-40-58-56(65)68-43-44-71-76-78-80-82-84-86-88-90-92-94-96-98-100-102-104-106-108-110-112-114-116-115-113-111-109-107-105-103-101-99-97-95-93-91-89-87-85-83-81-79-77-75-70-41-39-57-51(61)36-34-33-35-50-54-49(47-118-50)59-55(64)60-54/h39,41,48-50,54H,3-38,40,42-47H2,1-2H3,(H,57,61)(H,58,65)(H,66,67)(H2,59,60,64)/b41-39-/t48-,49+,50+,54+/m1/s1. The molecule has 2 heterocycles. The number of hydrogen-bond donors (Lipinski definition) is 5. The Kier molecular flexibility index (Phi) is 79.5. The van der Waals surface area contributed by atoms with E-state index in [1.165, 1.54) is 135 Å². The number of amides is 4. The molecule has 2 aliphatic rings. The van der Waals surface area contributed by atoms with Crippen LogP contribution in [0.15, 0.2) is 12.5 Å². The number of rotatable bonds is 95. The molecule has 2 fully saturated rings. The minimum Gasteiger partial charge on any atom is -0.462 e. The van der Waals surface area contributed by atoms with E-state index in [4.69, 9.17) is 23.3 Å². The average molecular weight is 1790 g/mol. The van der Waals surface area contributed by atoms with Crippen molar-refractivity contribution >= 4 is 49.6 Å². The molecule has 4 amide bonds. The van der Waals surface area contributed by atoms with Gasteiger partial charge in [0.05, 0.1) is 25.3 Å². The zero-order valence-electron chi connectivity index (χ0n) is 64.1. The lowest BCUT2D eigenvalue weighted by Gasteiger charge is -2.20. The van der Waals surface area contributed by atoms with Gasteiger partial charge < -0.3 is 45.3 Å². The van der Waals surface area contributed by atoms with Gasteiger partial charge in [0.1, 0.15) is 26.1 Å². The summed E-state index contributed by atoms with van der Waals surface area (Å²) in [5, 5.41) is 164. The molecule has 62 heteroatoms. The molecule has 0 aromatic rings. The first-order valence-electron chi connectivity index (χ1n) is 36.8. The van der Waals surface area contributed by atoms with Gasteiger partial charge in [0.15, 0.2) is 6.10 Å². The summed E-state index contributed by atoms with van der Waals surface area (Å²) in [7, 11) is -4.77. The van der Waals surface area contributed by atoms with Crippen molar-refractivity contribution in [1.29, 1.82) is 0 Å². The van der Waals surface area contributed by atoms with Gasteiger partial charge in [-0.3, -0.25) is 23.4 Å². The number of urea groups is 1. The molecule has 0 radical (unpaired) electrons. The van der Waals surface area contributed by atoms with Crippen molar-refractivity contribution in [2.75, 3.05) is 45.3 Å². The van der Waals surface area contributed by atoms with Crippen LogP contribution in [-0.4, -0.2) is 104 Å². The molecule has 2 saturated heterocycles. The summed E-state index contributed by atoms with van der Waals surface area (Å²) in [6, 6.07) is 0.0824. The molecule has 694 valence electrons. The third-order valence-electron chi connectivity index (χ3n) is 14.8. The molecule has 0 bridgehead atoms. The van der Waals surface area contributed by atoms with Gasteiger partial charge in [0, 0.05) is 214 Å². The smallest absolute Gasteiger partial charge is 0.462 e. The molecular weight excluding hydrogens is 1690 g/mol. The van der Waals surface area contributed by atoms with E-state index in [9.17, 15) is 33.4 Å². The first kappa shape index (κ1) is 109. The highest BCUT2D eigenvalue weighted by molar-refractivity contribution is 8.00. The maximum atomic E-state index is 12.9. The molecule has 2 rings (SSSR count). The fraction of sp³-hybridized carbons (Fsp3) is 0.875. The van der Waals surface area contributed by atoms with Crippen molar-refractivity contribution in [2.24, 2.45) is 0 Å². The Morgan fingerprint density at radius 3 is 1.17 bits per heavy atom. The lowest BCUT2D eigenvalue weighted by Crippen LogP contribution is -2.36. The van der Waals surface area contributed by atoms with Crippen LogP contribution in [0.4, 0.5) is 9.59 Å². The number of phosphoric acid groups is 1. The minimum atomic E-state index is -4.77. The van der Waals surface area contributed by atoms with Gasteiger partial charge in [0.2, 0.25) is 5.91 Å². The van der Waals surface area contributed by atoms with Gasteiger partial charge >= 0.3 is 31.9 Å². The number of hydrogen-bond acceptors (Lipinski definition) is 56. The highest BCUT2D eigenvalue weighted by Gasteiger charge is 2.42. The Hall–Kier alpha value is -4.77. The number of carbonyl (C=O) groups excluding carboxylic acids is 5. The Labute approximate surface area is 673 Å². The number of thioether (sulfide) groups is 1. The predicted molar refractivity (Wildman–Crippen MR) is 345 cm³/mol. The van der Waals surface area contributed by atoms with E-state index < -0.39 is 65.0 Å². The van der Waals surface area contributed by atoms with E-state index in [0.717, 1.165) is 76.0 Å². The van der Waals surface area contributed by atoms with Gasteiger partial charge in [-0.15, -0.1) is 0 Å². The predicted octanol–water partition coefficient (Wildman–Crippen LogP) is 10.2. The minimum absolute atomic E-state index is 0.101. The third kappa shape index (κ3) is 76.1. The molecule has 118 heavy (non-hydrogen) atoms. The van der Waals surface area contributed by atoms with E-state index in [1.54, 1.807) is 11.8 Å². The monoisotopic (exact) mass is 1790 g/mol. The number of nitrogens with one attached hydrogen (secondary N) is 4. The second-order valence-corrected chi connectivity index (χ2v) is 26.1. The summed E-state index contributed by atoms with van der Waals surface area (Å²) in [5.74, 6) is -0.498. The Bertz CT molecular complexity index is 2360. The van der Waals surface area contributed by atoms with Crippen LogP contribution in [0.2, 0.25) is 0 Å². The Morgan fingerprint density at radius 1 is 0.415 bits per heavy atom. The molecule has 2 aliphatic heterocycles. The van der Waals surface area contributed by atoms with E-state index in [-0.39, 0.29) is 49.8 Å². The zero-order chi connectivity index (χ0) is 84.7. The normalized spacial score (nSPS) is 15.3. The number of carbonyl (C=O) groups is 5. The lowest BCUT2D eigenvalue weighted by molar-refractivity contribution is -0.909. The fourth-order valence-corrected chi connectivity index (χ4v) is 12.0. The molecule has 1 unspecified atom stereocenters. The highest BCUT2D eigenvalue weighted by Crippen LogP contribution is 2.43. The van der Waals surface area contributed by atoms with Gasteiger partial charge in [-0.25, -0.2) is 19.0 Å². The summed E-state index contributed by atoms with van der Waals surface area (Å²) in [6.07, 6.45) is 37.8. The van der Waals surface area contributed by atoms with E-state index in [2.05, 4.69) is 256 Å². The van der Waals surface area contributed by atoms with E-state index in [0.29, 0.717) is 24.5 Å². The van der Waals surface area contributed by atoms with Gasteiger partial charge in [-0.2, -0.15) is 11.8 Å². The molecule has 0 aromatic carbocycles. The molecule has 0 aliphatic carbocycles. The van der Waals surface area contributed by atoms with Crippen molar-refractivity contribution in [1.82, 2.24) is 21.3 Å². The lowest BCUT2D eigenvalue weighted by atomic mass is 10.0. The number of unbranched alkanes of at least 4 members (excludes halogenated alkanes) is 29. The topological polar surface area (TPSA) is 623 Å². The van der Waals surface area contributed by atoms with Crippen molar-refractivity contribution in [3.05, 3.63) is 12.5 Å². The van der Waals surface area contributed by atoms with Crippen LogP contribution in [0.5, 0.6) is 0 Å². The highest BCUT2D eigenvalue weighted by atomic mass is 32.2. The summed E-state index contributed by atoms with van der Waals surface area (Å²) in [6.45, 7) is 1.69. The van der Waals surface area contributed by atoms with Crippen LogP contribution < -0.4 is 21.3 Å². The molecule has 0 spiro atoms. The summed E-state index contributed by atoms with van der Waals surface area (Å²) < 4.78 is 38.5. The molecule has 0 saturated carbocycles. The third-order valence-corrected chi connectivity index (χ3v) is 17.3. The maximum absolute atomic E-state index is 12.9. The van der Waals surface area contributed by atoms with Crippen molar-refractivity contribution in [3.63, 3.8) is 0 Å². The molecule has 5 N–H and O–H groups in total. The second kappa shape index (κ2) is 85.8. The second-order valence-electron chi connectivity index (χ2n) is 23.4. The Morgan fingerprint density at radius 2 is 0.771 bits per heavy atom. The van der Waals surface area contributed by atoms with Crippen LogP contribution in [-0.2, 0) is 264 Å². The van der Waals surface area contributed by atoms with Crippen molar-refractivity contribution in [2.45, 2.75) is 268 Å². The van der Waals surface area contributed by atoms with Crippen molar-refractivity contribution in [3.8, 4) is 0 Å². The molecule has 5 atom stereocenters. The largest absolute Gasteiger partial charge is 0.472 e. The maximum Gasteiger partial charge on any atom is 0.472 e. The van der Waals surface area contributed by atoms with Crippen molar-refractivity contribution < 1.29 is 278 Å². The average Bonchev–Trinajstić information content (AvgIpc) is 1.67. The summed E-state index contributed by atoms with van der Waals surface area (Å²) >= 11 is 1.79. The molecule has 60 nitrogen and oxygen atoms in total. The molecule has 0 aromatic heterocycles. The van der Waals surface area contributed by atoms with Crippen LogP contribution in [0, 0.1) is 0 Å². The zero-order valence-corrected chi connectivity index (χ0v) is 65.8. The summed E-state index contributed by atoms with van der Waals surface area (Å²) in [5.41, 5.74) is 0. The van der Waals surface area contributed by atoms with Gasteiger partial charge in [-0.1, -0.05) is 200 Å². The number of esters is 2. The Balaban J connectivity index is 1.30. The van der Waals surface area contributed by atoms with Crippen LogP contribution >= 0.6 is 19.6 Å². The van der Waals surface area contributed by atoms with Crippen LogP contribution in [0.3, 0.4) is 0 Å². The first-order chi connectivity index (χ1) is 58.0. The number of alkyl carbamates (subject to hydrolysis) is 1. The summed E-state index contributed by atoms with van der Waals surface area (Å²) in [4.78, 5) is 80.0. The van der Waals surface area contributed by atoms with Crippen LogP contribution in [0.25, 0.3) is 0 Å². The van der Waals surface area contributed by atoms with Crippen LogP contribution in [0.1, 0.15) is 245 Å². The number of ether oxygens (including phenoxy) is 3. The van der Waals surface area contributed by atoms with E-state index in [1.807, 2.05) is 0 Å². The SMILES string of the molecule is CCCCCCCCCCCCCCCCCC(=O)OC[C@H](COP(=O)(O)OCCNC(=O)OCCOOOOOOOOOOOOOOOOOOOOOOOOOOOOOOOOOOOOOOOOOOOO/C=C\NC(=O)CCCC[C@@H]1SC[C@@H]2NC(=O)N[C@@H]21)OC(=O)CCCCCCCCCCCCCCCCC.